The minimum absolute atomic E-state index is 0. The van der Waals surface area contributed by atoms with Crippen molar-refractivity contribution in [3.63, 3.8) is 0 Å². The maximum atomic E-state index is 11.7. The van der Waals surface area contributed by atoms with Crippen LogP contribution in [0.5, 0.6) is 5.75 Å². The molecule has 1 aromatic carbocycles. The molecule has 0 bridgehead atoms. The first-order valence-corrected chi connectivity index (χ1v) is 6.98. The SMILES string of the molecule is Cc1ccc(NC(=O)[C@H](C)N)c(OCC2CCCO2)c1.Cl. The maximum Gasteiger partial charge on any atom is 0.241 e. The van der Waals surface area contributed by atoms with E-state index in [1.807, 2.05) is 25.1 Å². The second-order valence-corrected chi connectivity index (χ2v) is 5.22. The zero-order valence-corrected chi connectivity index (χ0v) is 13.2. The predicted octanol–water partition coefficient (Wildman–Crippen LogP) is 2.26. The van der Waals surface area contributed by atoms with E-state index in [1.165, 1.54) is 0 Å². The lowest BCUT2D eigenvalue weighted by Gasteiger charge is -2.16. The van der Waals surface area contributed by atoms with Gasteiger partial charge in [0.05, 0.1) is 17.8 Å². The second kappa shape index (κ2) is 8.22. The van der Waals surface area contributed by atoms with Gasteiger partial charge in [0.15, 0.2) is 0 Å². The van der Waals surface area contributed by atoms with Gasteiger partial charge in [0.25, 0.3) is 0 Å². The quantitative estimate of drug-likeness (QED) is 0.874. The summed E-state index contributed by atoms with van der Waals surface area (Å²) in [5.41, 5.74) is 7.29. The van der Waals surface area contributed by atoms with Crippen LogP contribution >= 0.6 is 12.4 Å². The Balaban J connectivity index is 0.00000220. The van der Waals surface area contributed by atoms with Gasteiger partial charge in [-0.3, -0.25) is 4.79 Å². The largest absolute Gasteiger partial charge is 0.489 e. The monoisotopic (exact) mass is 314 g/mol. The number of aryl methyl sites for hydroxylation is 1. The van der Waals surface area contributed by atoms with Crippen LogP contribution in [0.3, 0.4) is 0 Å². The fourth-order valence-electron chi connectivity index (χ4n) is 2.06. The predicted molar refractivity (Wildman–Crippen MR) is 85.2 cm³/mol. The number of ether oxygens (including phenoxy) is 2. The van der Waals surface area contributed by atoms with E-state index in [0.29, 0.717) is 18.0 Å². The molecule has 2 rings (SSSR count). The van der Waals surface area contributed by atoms with Crippen LogP contribution in [0.25, 0.3) is 0 Å². The van der Waals surface area contributed by atoms with Gasteiger partial charge in [-0.25, -0.2) is 0 Å². The van der Waals surface area contributed by atoms with Crippen molar-refractivity contribution < 1.29 is 14.3 Å². The van der Waals surface area contributed by atoms with Crippen molar-refractivity contribution in [2.75, 3.05) is 18.5 Å². The minimum atomic E-state index is -0.553. The smallest absolute Gasteiger partial charge is 0.241 e. The lowest BCUT2D eigenvalue weighted by Crippen LogP contribution is -2.32. The van der Waals surface area contributed by atoms with E-state index in [4.69, 9.17) is 15.2 Å². The van der Waals surface area contributed by atoms with Gasteiger partial charge in [-0.15, -0.1) is 12.4 Å². The number of hydrogen-bond donors (Lipinski definition) is 2. The molecule has 118 valence electrons. The van der Waals surface area contributed by atoms with E-state index in [9.17, 15) is 4.79 Å². The van der Waals surface area contributed by atoms with E-state index in [-0.39, 0.29) is 24.4 Å². The molecule has 0 spiro atoms. The average Bonchev–Trinajstić information content (AvgIpc) is 2.92. The number of carbonyl (C=O) groups excluding carboxylic acids is 1. The number of nitrogens with one attached hydrogen (secondary N) is 1. The molecule has 3 N–H and O–H groups in total. The Labute approximate surface area is 131 Å². The Morgan fingerprint density at radius 2 is 2.33 bits per heavy atom. The molecule has 21 heavy (non-hydrogen) atoms. The molecule has 0 saturated carbocycles. The van der Waals surface area contributed by atoms with E-state index in [0.717, 1.165) is 25.0 Å². The number of hydrogen-bond acceptors (Lipinski definition) is 4. The Kier molecular flexibility index (Phi) is 6.95. The van der Waals surface area contributed by atoms with Crippen molar-refractivity contribution in [2.24, 2.45) is 5.73 Å². The fourth-order valence-corrected chi connectivity index (χ4v) is 2.06. The molecule has 1 saturated heterocycles. The average molecular weight is 315 g/mol. The molecule has 6 heteroatoms. The summed E-state index contributed by atoms with van der Waals surface area (Å²) in [6.07, 6.45) is 2.25. The van der Waals surface area contributed by atoms with Crippen molar-refractivity contribution in [1.82, 2.24) is 0 Å². The highest BCUT2D eigenvalue weighted by Crippen LogP contribution is 2.27. The topological polar surface area (TPSA) is 73.6 Å². The molecule has 1 unspecified atom stereocenters. The molecule has 0 radical (unpaired) electrons. The van der Waals surface area contributed by atoms with Crippen molar-refractivity contribution >= 4 is 24.0 Å². The minimum Gasteiger partial charge on any atom is -0.489 e. The normalized spacial score (nSPS) is 18.7. The summed E-state index contributed by atoms with van der Waals surface area (Å²) in [6, 6.07) is 5.12. The molecule has 1 aromatic rings. The second-order valence-electron chi connectivity index (χ2n) is 5.22. The molecule has 1 aliphatic rings. The third-order valence-electron chi connectivity index (χ3n) is 3.26. The van der Waals surface area contributed by atoms with Gasteiger partial charge >= 0.3 is 0 Å². The lowest BCUT2D eigenvalue weighted by molar-refractivity contribution is -0.117. The van der Waals surface area contributed by atoms with Gasteiger partial charge in [-0.05, 0) is 44.4 Å². The van der Waals surface area contributed by atoms with E-state index in [1.54, 1.807) is 6.92 Å². The Hall–Kier alpha value is -1.30. The molecule has 1 amide bonds. The highest BCUT2D eigenvalue weighted by molar-refractivity contribution is 5.95. The maximum absolute atomic E-state index is 11.7. The van der Waals surface area contributed by atoms with Crippen LogP contribution < -0.4 is 15.8 Å². The fraction of sp³-hybridized carbons (Fsp3) is 0.533. The van der Waals surface area contributed by atoms with Gasteiger partial charge in [-0.2, -0.15) is 0 Å². The van der Waals surface area contributed by atoms with Gasteiger partial charge < -0.3 is 20.5 Å². The van der Waals surface area contributed by atoms with E-state index < -0.39 is 6.04 Å². The van der Waals surface area contributed by atoms with Crippen molar-refractivity contribution in [3.8, 4) is 5.75 Å². The first-order valence-electron chi connectivity index (χ1n) is 6.98. The van der Waals surface area contributed by atoms with Crippen LogP contribution in [0.4, 0.5) is 5.69 Å². The third-order valence-corrected chi connectivity index (χ3v) is 3.26. The highest BCUT2D eigenvalue weighted by atomic mass is 35.5. The van der Waals surface area contributed by atoms with Gasteiger partial charge in [-0.1, -0.05) is 6.07 Å². The summed E-state index contributed by atoms with van der Waals surface area (Å²) in [4.78, 5) is 11.7. The number of nitrogens with two attached hydrogens (primary N) is 1. The van der Waals surface area contributed by atoms with Crippen LogP contribution in [0.2, 0.25) is 0 Å². The summed E-state index contributed by atoms with van der Waals surface area (Å²) in [7, 11) is 0. The molecule has 5 nitrogen and oxygen atoms in total. The van der Waals surface area contributed by atoms with Crippen LogP contribution in [0.15, 0.2) is 18.2 Å². The number of anilines is 1. The summed E-state index contributed by atoms with van der Waals surface area (Å²) in [5.74, 6) is 0.435. The summed E-state index contributed by atoms with van der Waals surface area (Å²) >= 11 is 0. The first-order chi connectivity index (χ1) is 9.56. The van der Waals surface area contributed by atoms with E-state index >= 15 is 0 Å². The molecular weight excluding hydrogens is 292 g/mol. The summed E-state index contributed by atoms with van der Waals surface area (Å²) in [5, 5.41) is 2.78. The Bertz CT molecular complexity index is 474. The van der Waals surface area contributed by atoms with Crippen LogP contribution in [0.1, 0.15) is 25.3 Å². The number of rotatable bonds is 5. The lowest BCUT2D eigenvalue weighted by atomic mass is 10.2. The molecule has 1 heterocycles. The van der Waals surface area contributed by atoms with Gasteiger partial charge in [0.2, 0.25) is 5.91 Å². The van der Waals surface area contributed by atoms with E-state index in [2.05, 4.69) is 5.32 Å². The first kappa shape index (κ1) is 17.8. The summed E-state index contributed by atoms with van der Waals surface area (Å²) in [6.45, 7) is 4.94. The Morgan fingerprint density at radius 1 is 1.57 bits per heavy atom. The zero-order valence-electron chi connectivity index (χ0n) is 12.4. The number of benzene rings is 1. The standard InChI is InChI=1S/C15H22N2O3.ClH/c1-10-5-6-13(17-15(18)11(2)16)14(8-10)20-9-12-4-3-7-19-12;/h5-6,8,11-12H,3-4,7,9,16H2,1-2H3,(H,17,18);1H/t11-,12?;/m0./s1. The molecular formula is C15H23ClN2O3. The van der Waals surface area contributed by atoms with Gasteiger partial charge in [0, 0.05) is 6.61 Å². The Morgan fingerprint density at radius 3 is 2.95 bits per heavy atom. The molecule has 1 aliphatic heterocycles. The number of carbonyl (C=O) groups is 1. The van der Waals surface area contributed by atoms with Crippen LogP contribution in [-0.4, -0.2) is 31.3 Å². The molecule has 2 atom stereocenters. The molecule has 0 aromatic heterocycles. The molecule has 1 fully saturated rings. The highest BCUT2D eigenvalue weighted by Gasteiger charge is 2.17. The third kappa shape index (κ3) is 5.19. The van der Waals surface area contributed by atoms with Crippen molar-refractivity contribution in [1.29, 1.82) is 0 Å². The summed E-state index contributed by atoms with van der Waals surface area (Å²) < 4.78 is 11.3. The van der Waals surface area contributed by atoms with Gasteiger partial charge in [0.1, 0.15) is 12.4 Å². The zero-order chi connectivity index (χ0) is 14.5. The number of halogens is 1. The van der Waals surface area contributed by atoms with Crippen molar-refractivity contribution in [3.05, 3.63) is 23.8 Å². The van der Waals surface area contributed by atoms with Crippen LogP contribution in [0, 0.1) is 6.92 Å². The van der Waals surface area contributed by atoms with Crippen molar-refractivity contribution in [2.45, 2.75) is 38.8 Å². The van der Waals surface area contributed by atoms with Crippen LogP contribution in [-0.2, 0) is 9.53 Å². The number of amides is 1. The molecule has 0 aliphatic carbocycles.